The summed E-state index contributed by atoms with van der Waals surface area (Å²) in [5, 5.41) is 21.6. The van der Waals surface area contributed by atoms with Crippen LogP contribution in [-0.4, -0.2) is 16.2 Å². The molecular formula is C15H14FNO3. The van der Waals surface area contributed by atoms with E-state index in [2.05, 4.69) is 5.32 Å². The molecule has 2 aromatic rings. The topological polar surface area (TPSA) is 69.6 Å². The fourth-order valence-electron chi connectivity index (χ4n) is 1.91. The van der Waals surface area contributed by atoms with E-state index in [-0.39, 0.29) is 17.4 Å². The van der Waals surface area contributed by atoms with Gasteiger partial charge >= 0.3 is 5.97 Å². The van der Waals surface area contributed by atoms with E-state index in [1.54, 1.807) is 19.1 Å². The van der Waals surface area contributed by atoms with E-state index in [9.17, 15) is 14.3 Å². The zero-order valence-corrected chi connectivity index (χ0v) is 10.8. The third-order valence-electron chi connectivity index (χ3n) is 2.97. The van der Waals surface area contributed by atoms with Gasteiger partial charge in [-0.2, -0.15) is 0 Å². The van der Waals surface area contributed by atoms with E-state index in [1.165, 1.54) is 30.3 Å². The van der Waals surface area contributed by atoms with E-state index in [0.717, 1.165) is 0 Å². The summed E-state index contributed by atoms with van der Waals surface area (Å²) >= 11 is 0. The molecule has 1 atom stereocenters. The number of rotatable bonds is 4. The fraction of sp³-hybridized carbons (Fsp3) is 0.133. The molecule has 0 aliphatic carbocycles. The molecule has 2 aromatic carbocycles. The standard InChI is InChI=1S/C15H14FNO3/c1-9(13-8-11(16)4-7-14(13)18)17-12-5-2-10(3-6-12)15(19)20/h2-9,17-18H,1H3,(H,19,20). The summed E-state index contributed by atoms with van der Waals surface area (Å²) in [6, 6.07) is 9.63. The van der Waals surface area contributed by atoms with E-state index in [4.69, 9.17) is 5.11 Å². The van der Waals surface area contributed by atoms with Crippen LogP contribution in [0.3, 0.4) is 0 Å². The van der Waals surface area contributed by atoms with Crippen LogP contribution < -0.4 is 5.32 Å². The number of nitrogens with one attached hydrogen (secondary N) is 1. The van der Waals surface area contributed by atoms with Crippen LogP contribution in [0.5, 0.6) is 5.75 Å². The smallest absolute Gasteiger partial charge is 0.335 e. The molecule has 4 nitrogen and oxygen atoms in total. The molecule has 0 heterocycles. The summed E-state index contributed by atoms with van der Waals surface area (Å²) < 4.78 is 13.2. The highest BCUT2D eigenvalue weighted by atomic mass is 19.1. The van der Waals surface area contributed by atoms with Crippen molar-refractivity contribution in [3.63, 3.8) is 0 Å². The number of carboxylic acid groups (broad SMARTS) is 1. The third-order valence-corrected chi connectivity index (χ3v) is 2.97. The van der Waals surface area contributed by atoms with Crippen LogP contribution in [0.4, 0.5) is 10.1 Å². The summed E-state index contributed by atoms with van der Waals surface area (Å²) in [6.07, 6.45) is 0. The molecule has 104 valence electrons. The van der Waals surface area contributed by atoms with Gasteiger partial charge in [0.2, 0.25) is 0 Å². The Morgan fingerprint density at radius 2 is 1.85 bits per heavy atom. The van der Waals surface area contributed by atoms with Gasteiger partial charge in [0.05, 0.1) is 11.6 Å². The van der Waals surface area contributed by atoms with Crippen LogP contribution in [0.1, 0.15) is 28.9 Å². The summed E-state index contributed by atoms with van der Waals surface area (Å²) in [5.74, 6) is -1.41. The molecule has 0 saturated heterocycles. The van der Waals surface area contributed by atoms with Gasteiger partial charge in [0.15, 0.2) is 0 Å². The van der Waals surface area contributed by atoms with Crippen molar-refractivity contribution >= 4 is 11.7 Å². The van der Waals surface area contributed by atoms with E-state index in [1.807, 2.05) is 0 Å². The minimum atomic E-state index is -0.993. The van der Waals surface area contributed by atoms with Crippen molar-refractivity contribution in [3.8, 4) is 5.75 Å². The Hall–Kier alpha value is -2.56. The first-order valence-corrected chi connectivity index (χ1v) is 6.05. The molecule has 0 fully saturated rings. The predicted octanol–water partition coefficient (Wildman–Crippen LogP) is 3.40. The fourth-order valence-corrected chi connectivity index (χ4v) is 1.91. The highest BCUT2D eigenvalue weighted by Crippen LogP contribution is 2.27. The number of hydrogen-bond acceptors (Lipinski definition) is 3. The van der Waals surface area contributed by atoms with Crippen LogP contribution in [0.2, 0.25) is 0 Å². The predicted molar refractivity (Wildman–Crippen MR) is 73.5 cm³/mol. The minimum absolute atomic E-state index is 0.00792. The lowest BCUT2D eigenvalue weighted by atomic mass is 10.1. The maximum absolute atomic E-state index is 13.2. The molecule has 0 bridgehead atoms. The lowest BCUT2D eigenvalue weighted by Crippen LogP contribution is -2.07. The number of phenols is 1. The number of carbonyl (C=O) groups is 1. The van der Waals surface area contributed by atoms with Gasteiger partial charge in [0, 0.05) is 11.3 Å². The van der Waals surface area contributed by atoms with Crippen LogP contribution in [0, 0.1) is 5.82 Å². The Bertz CT molecular complexity index is 626. The Morgan fingerprint density at radius 3 is 2.45 bits per heavy atom. The zero-order chi connectivity index (χ0) is 14.7. The van der Waals surface area contributed by atoms with Crippen LogP contribution >= 0.6 is 0 Å². The van der Waals surface area contributed by atoms with Gasteiger partial charge in [-0.05, 0) is 49.4 Å². The van der Waals surface area contributed by atoms with Gasteiger partial charge in [-0.1, -0.05) is 0 Å². The second kappa shape index (κ2) is 5.61. The average molecular weight is 275 g/mol. The second-order valence-corrected chi connectivity index (χ2v) is 4.45. The van der Waals surface area contributed by atoms with Crippen molar-refractivity contribution in [2.24, 2.45) is 0 Å². The van der Waals surface area contributed by atoms with Gasteiger partial charge in [-0.15, -0.1) is 0 Å². The number of aromatic carboxylic acids is 1. The van der Waals surface area contributed by atoms with E-state index in [0.29, 0.717) is 11.3 Å². The van der Waals surface area contributed by atoms with Crippen LogP contribution in [0.15, 0.2) is 42.5 Å². The van der Waals surface area contributed by atoms with Crippen molar-refractivity contribution in [1.82, 2.24) is 0 Å². The molecule has 0 aliphatic heterocycles. The highest BCUT2D eigenvalue weighted by molar-refractivity contribution is 5.88. The summed E-state index contributed by atoms with van der Waals surface area (Å²) in [6.45, 7) is 1.78. The highest BCUT2D eigenvalue weighted by Gasteiger charge is 2.11. The Labute approximate surface area is 115 Å². The number of hydrogen-bond donors (Lipinski definition) is 3. The van der Waals surface area contributed by atoms with Gasteiger partial charge in [0.25, 0.3) is 0 Å². The lowest BCUT2D eigenvalue weighted by molar-refractivity contribution is 0.0697. The van der Waals surface area contributed by atoms with Crippen molar-refractivity contribution in [1.29, 1.82) is 0 Å². The number of carboxylic acids is 1. The van der Waals surface area contributed by atoms with Crippen LogP contribution in [0.25, 0.3) is 0 Å². The molecule has 0 saturated carbocycles. The summed E-state index contributed by atoms with van der Waals surface area (Å²) in [5.41, 5.74) is 1.32. The maximum Gasteiger partial charge on any atom is 0.335 e. The molecule has 0 amide bonds. The number of benzene rings is 2. The molecule has 5 heteroatoms. The first-order valence-electron chi connectivity index (χ1n) is 6.05. The molecule has 2 rings (SSSR count). The number of anilines is 1. The monoisotopic (exact) mass is 275 g/mol. The third kappa shape index (κ3) is 3.06. The SMILES string of the molecule is CC(Nc1ccc(C(=O)O)cc1)c1cc(F)ccc1O. The number of aromatic hydroxyl groups is 1. The Morgan fingerprint density at radius 1 is 1.20 bits per heavy atom. The van der Waals surface area contributed by atoms with E-state index < -0.39 is 11.8 Å². The largest absolute Gasteiger partial charge is 0.508 e. The van der Waals surface area contributed by atoms with Gasteiger partial charge < -0.3 is 15.5 Å². The normalized spacial score (nSPS) is 11.9. The Kier molecular flexibility index (Phi) is 3.89. The minimum Gasteiger partial charge on any atom is -0.508 e. The maximum atomic E-state index is 13.2. The van der Waals surface area contributed by atoms with E-state index >= 15 is 0 Å². The number of phenolic OH excluding ortho intramolecular Hbond substituents is 1. The second-order valence-electron chi connectivity index (χ2n) is 4.45. The zero-order valence-electron chi connectivity index (χ0n) is 10.8. The molecular weight excluding hydrogens is 261 g/mol. The first kappa shape index (κ1) is 13.9. The average Bonchev–Trinajstić information content (AvgIpc) is 2.42. The molecule has 0 aromatic heterocycles. The van der Waals surface area contributed by atoms with Crippen molar-refractivity contribution in [3.05, 3.63) is 59.4 Å². The van der Waals surface area contributed by atoms with Gasteiger partial charge in [-0.25, -0.2) is 9.18 Å². The molecule has 1 unspecified atom stereocenters. The van der Waals surface area contributed by atoms with Crippen LogP contribution in [-0.2, 0) is 0 Å². The summed E-state index contributed by atoms with van der Waals surface area (Å²) in [7, 11) is 0. The lowest BCUT2D eigenvalue weighted by Gasteiger charge is -2.17. The molecule has 0 aliphatic rings. The van der Waals surface area contributed by atoms with Gasteiger partial charge in [-0.3, -0.25) is 0 Å². The number of halogens is 1. The van der Waals surface area contributed by atoms with Crippen molar-refractivity contribution in [2.45, 2.75) is 13.0 Å². The van der Waals surface area contributed by atoms with Crippen molar-refractivity contribution in [2.75, 3.05) is 5.32 Å². The first-order chi connectivity index (χ1) is 9.47. The molecule has 0 spiro atoms. The van der Waals surface area contributed by atoms with Crippen molar-refractivity contribution < 1.29 is 19.4 Å². The molecule has 0 radical (unpaired) electrons. The molecule has 20 heavy (non-hydrogen) atoms. The summed E-state index contributed by atoms with van der Waals surface area (Å²) in [4.78, 5) is 10.7. The Balaban J connectivity index is 2.16. The van der Waals surface area contributed by atoms with Gasteiger partial charge in [0.1, 0.15) is 11.6 Å². The quantitative estimate of drug-likeness (QED) is 0.799. The molecule has 3 N–H and O–H groups in total.